The highest BCUT2D eigenvalue weighted by molar-refractivity contribution is 7.21. The van der Waals surface area contributed by atoms with Gasteiger partial charge in [-0.1, -0.05) is 12.1 Å². The molecule has 29 heavy (non-hydrogen) atoms. The molecule has 5 rings (SSSR count). The first kappa shape index (κ1) is 18.3. The lowest BCUT2D eigenvalue weighted by molar-refractivity contribution is -0.142. The van der Waals surface area contributed by atoms with Crippen LogP contribution in [-0.4, -0.2) is 65.5 Å². The van der Waals surface area contributed by atoms with Crippen molar-refractivity contribution >= 4 is 33.4 Å². The lowest BCUT2D eigenvalue weighted by Gasteiger charge is -2.35. The zero-order valence-electron chi connectivity index (χ0n) is 15.9. The molecule has 150 valence electrons. The zero-order valence-corrected chi connectivity index (χ0v) is 16.7. The minimum absolute atomic E-state index is 0.0470. The van der Waals surface area contributed by atoms with Crippen molar-refractivity contribution in [2.45, 2.75) is 18.9 Å². The Balaban J connectivity index is 1.24. The summed E-state index contributed by atoms with van der Waals surface area (Å²) in [7, 11) is 0. The van der Waals surface area contributed by atoms with Gasteiger partial charge in [-0.3, -0.25) is 9.59 Å². The van der Waals surface area contributed by atoms with E-state index in [1.807, 2.05) is 24.3 Å². The Morgan fingerprint density at radius 1 is 1.03 bits per heavy atom. The van der Waals surface area contributed by atoms with Crippen molar-refractivity contribution < 1.29 is 18.7 Å². The van der Waals surface area contributed by atoms with Gasteiger partial charge in [0.15, 0.2) is 16.5 Å². The van der Waals surface area contributed by atoms with E-state index < -0.39 is 0 Å². The molecule has 1 aromatic carbocycles. The summed E-state index contributed by atoms with van der Waals surface area (Å²) in [6.07, 6.45) is 1.42. The van der Waals surface area contributed by atoms with Gasteiger partial charge in [-0.05, 0) is 37.1 Å². The average Bonchev–Trinajstić information content (AvgIpc) is 3.52. The van der Waals surface area contributed by atoms with Crippen LogP contribution in [0, 0.1) is 0 Å². The van der Waals surface area contributed by atoms with Gasteiger partial charge >= 0.3 is 0 Å². The predicted octanol–water partition coefficient (Wildman–Crippen LogP) is 3.02. The van der Waals surface area contributed by atoms with Crippen molar-refractivity contribution in [3.05, 3.63) is 42.2 Å². The van der Waals surface area contributed by atoms with E-state index in [-0.39, 0.29) is 17.9 Å². The van der Waals surface area contributed by atoms with Crippen LogP contribution in [0.2, 0.25) is 0 Å². The Morgan fingerprint density at radius 2 is 1.83 bits per heavy atom. The third-order valence-corrected chi connectivity index (χ3v) is 6.46. The number of para-hydroxylation sites is 1. The molecule has 0 unspecified atom stereocenters. The molecule has 2 amide bonds. The van der Waals surface area contributed by atoms with Crippen LogP contribution >= 0.6 is 11.3 Å². The predicted molar refractivity (Wildman–Crippen MR) is 109 cm³/mol. The highest BCUT2D eigenvalue weighted by Crippen LogP contribution is 2.31. The molecule has 8 heteroatoms. The first-order valence-electron chi connectivity index (χ1n) is 9.84. The number of fused-ring (bicyclic) bond motifs is 1. The fourth-order valence-corrected chi connectivity index (χ4v) is 4.73. The third-order valence-electron chi connectivity index (χ3n) is 5.41. The summed E-state index contributed by atoms with van der Waals surface area (Å²) in [5.74, 6) is 0.798. The average molecular weight is 411 g/mol. The lowest BCUT2D eigenvalue weighted by atomic mass is 10.2. The molecule has 2 aliphatic heterocycles. The van der Waals surface area contributed by atoms with E-state index in [0.717, 1.165) is 28.1 Å². The van der Waals surface area contributed by atoms with E-state index in [2.05, 4.69) is 4.98 Å². The minimum Gasteiger partial charge on any atom is -0.448 e. The number of hydrogen-bond acceptors (Lipinski definition) is 6. The summed E-state index contributed by atoms with van der Waals surface area (Å²) in [6.45, 7) is 2.69. The number of carbonyl (C=O) groups is 2. The summed E-state index contributed by atoms with van der Waals surface area (Å²) in [5, 5.41) is 0.761. The number of hydrogen-bond donors (Lipinski definition) is 0. The van der Waals surface area contributed by atoms with Crippen LogP contribution in [0.3, 0.4) is 0 Å². The summed E-state index contributed by atoms with van der Waals surface area (Å²) in [5.41, 5.74) is 0.920. The van der Waals surface area contributed by atoms with Gasteiger partial charge in [-0.2, -0.15) is 0 Å². The summed E-state index contributed by atoms with van der Waals surface area (Å²) < 4.78 is 12.4. The molecule has 0 spiro atoms. The monoisotopic (exact) mass is 411 g/mol. The molecule has 7 nitrogen and oxygen atoms in total. The van der Waals surface area contributed by atoms with Crippen molar-refractivity contribution in [3.8, 4) is 10.8 Å². The minimum atomic E-state index is -0.307. The third kappa shape index (κ3) is 3.54. The van der Waals surface area contributed by atoms with E-state index in [1.54, 1.807) is 33.3 Å². The van der Waals surface area contributed by atoms with Gasteiger partial charge in [-0.25, -0.2) is 4.98 Å². The number of aromatic nitrogens is 1. The molecule has 2 aromatic heterocycles. The van der Waals surface area contributed by atoms with Crippen LogP contribution in [0.4, 0.5) is 0 Å². The van der Waals surface area contributed by atoms with Crippen molar-refractivity contribution in [2.75, 3.05) is 32.8 Å². The second kappa shape index (κ2) is 7.61. The Labute approximate surface area is 171 Å². The quantitative estimate of drug-likeness (QED) is 0.662. The topological polar surface area (TPSA) is 75.9 Å². The molecule has 0 radical (unpaired) electrons. The van der Waals surface area contributed by atoms with E-state index in [9.17, 15) is 9.59 Å². The molecule has 0 saturated carbocycles. The molecule has 2 fully saturated rings. The van der Waals surface area contributed by atoms with Gasteiger partial charge < -0.3 is 19.0 Å². The zero-order chi connectivity index (χ0) is 19.8. The first-order valence-corrected chi connectivity index (χ1v) is 10.7. The normalized spacial score (nSPS) is 19.8. The largest absolute Gasteiger partial charge is 0.448 e. The molecule has 0 N–H and O–H groups in total. The number of amides is 2. The highest BCUT2D eigenvalue weighted by Gasteiger charge is 2.32. The first-order chi connectivity index (χ1) is 14.2. The smallest absolute Gasteiger partial charge is 0.289 e. The van der Waals surface area contributed by atoms with Crippen molar-refractivity contribution in [1.29, 1.82) is 0 Å². The van der Waals surface area contributed by atoms with E-state index in [0.29, 0.717) is 44.3 Å². The standard InChI is InChI=1S/C21H21N3O4S/c25-20(16-5-3-13-27-16)23-9-11-24(12-10-23)21(26)17-8-7-15(28-17)19-22-14-4-1-2-6-18(14)29-19/h1-2,4,6-8,16H,3,5,9-13H2/t16-/m1/s1. The second-order valence-corrected chi connectivity index (χ2v) is 8.30. The van der Waals surface area contributed by atoms with Gasteiger partial charge in [-0.15, -0.1) is 11.3 Å². The van der Waals surface area contributed by atoms with Crippen molar-refractivity contribution in [1.82, 2.24) is 14.8 Å². The summed E-state index contributed by atoms with van der Waals surface area (Å²) >= 11 is 1.54. The Bertz CT molecular complexity index is 1010. The maximum atomic E-state index is 12.8. The molecule has 3 aromatic rings. The maximum Gasteiger partial charge on any atom is 0.289 e. The summed E-state index contributed by atoms with van der Waals surface area (Å²) in [4.78, 5) is 33.4. The molecule has 2 aliphatic rings. The number of furan rings is 1. The number of ether oxygens (including phenoxy) is 1. The second-order valence-electron chi connectivity index (χ2n) is 7.27. The fourth-order valence-electron chi connectivity index (χ4n) is 3.81. The van der Waals surface area contributed by atoms with Gasteiger partial charge in [0.05, 0.1) is 10.2 Å². The number of thiazole rings is 1. The maximum absolute atomic E-state index is 12.8. The molecule has 1 atom stereocenters. The van der Waals surface area contributed by atoms with Crippen LogP contribution in [0.25, 0.3) is 21.0 Å². The number of rotatable bonds is 3. The van der Waals surface area contributed by atoms with Gasteiger partial charge in [0.25, 0.3) is 11.8 Å². The highest BCUT2D eigenvalue weighted by atomic mass is 32.1. The van der Waals surface area contributed by atoms with Crippen molar-refractivity contribution in [2.24, 2.45) is 0 Å². The lowest BCUT2D eigenvalue weighted by Crippen LogP contribution is -2.52. The molecule has 0 aliphatic carbocycles. The van der Waals surface area contributed by atoms with Gasteiger partial charge in [0, 0.05) is 32.8 Å². The number of benzene rings is 1. The Hall–Kier alpha value is -2.71. The fraction of sp³-hybridized carbons (Fsp3) is 0.381. The summed E-state index contributed by atoms with van der Waals surface area (Å²) in [6, 6.07) is 11.4. The van der Waals surface area contributed by atoms with E-state index in [1.165, 1.54) is 0 Å². The number of piperazine rings is 1. The Kier molecular flexibility index (Phi) is 4.81. The Morgan fingerprint density at radius 3 is 2.59 bits per heavy atom. The van der Waals surface area contributed by atoms with Crippen LogP contribution in [-0.2, 0) is 9.53 Å². The van der Waals surface area contributed by atoms with Crippen LogP contribution < -0.4 is 0 Å². The van der Waals surface area contributed by atoms with E-state index >= 15 is 0 Å². The molecule has 4 heterocycles. The number of carbonyl (C=O) groups excluding carboxylic acids is 2. The van der Waals surface area contributed by atoms with Gasteiger partial charge in [0.2, 0.25) is 0 Å². The molecular weight excluding hydrogens is 390 g/mol. The molecular formula is C21H21N3O4S. The van der Waals surface area contributed by atoms with E-state index in [4.69, 9.17) is 9.15 Å². The number of nitrogens with zero attached hydrogens (tertiary/aromatic N) is 3. The van der Waals surface area contributed by atoms with Gasteiger partial charge in [0.1, 0.15) is 6.10 Å². The molecule has 0 bridgehead atoms. The van der Waals surface area contributed by atoms with Crippen LogP contribution in [0.5, 0.6) is 0 Å². The molecule has 2 saturated heterocycles. The van der Waals surface area contributed by atoms with Crippen molar-refractivity contribution in [3.63, 3.8) is 0 Å². The van der Waals surface area contributed by atoms with Crippen LogP contribution in [0.1, 0.15) is 23.4 Å². The van der Waals surface area contributed by atoms with Crippen LogP contribution in [0.15, 0.2) is 40.8 Å². The SMILES string of the molecule is O=C(c1ccc(-c2nc3ccccc3s2)o1)N1CCN(C(=O)[C@H]2CCCO2)CC1.